The van der Waals surface area contributed by atoms with Crippen LogP contribution in [0.4, 0.5) is 5.82 Å². The second kappa shape index (κ2) is 7.38. The van der Waals surface area contributed by atoms with Crippen LogP contribution in [0.2, 0.25) is 5.02 Å². The number of rotatable bonds is 5. The zero-order valence-corrected chi connectivity index (χ0v) is 13.6. The smallest absolute Gasteiger partial charge is 0.147 e. The SMILES string of the molecule is CC(C)CNCc1cnc(N2CCS(=O)CC2)c(Cl)c1. The predicted octanol–water partition coefficient (Wildman–Crippen LogP) is 2.05. The van der Waals surface area contributed by atoms with Crippen molar-refractivity contribution in [3.8, 4) is 0 Å². The van der Waals surface area contributed by atoms with Crippen LogP contribution in [0.1, 0.15) is 19.4 Å². The van der Waals surface area contributed by atoms with Gasteiger partial charge in [-0.3, -0.25) is 4.21 Å². The maximum absolute atomic E-state index is 11.4. The van der Waals surface area contributed by atoms with Crippen LogP contribution in [0.15, 0.2) is 12.3 Å². The Morgan fingerprint density at radius 1 is 1.45 bits per heavy atom. The van der Waals surface area contributed by atoms with E-state index in [1.165, 1.54) is 0 Å². The highest BCUT2D eigenvalue weighted by Gasteiger charge is 2.18. The molecular formula is C14H22ClN3OS. The molecule has 1 aromatic heterocycles. The highest BCUT2D eigenvalue weighted by atomic mass is 35.5. The Bertz CT molecular complexity index is 471. The molecular weight excluding hydrogens is 294 g/mol. The zero-order chi connectivity index (χ0) is 14.5. The molecule has 6 heteroatoms. The van der Waals surface area contributed by atoms with Gasteiger partial charge in [-0.25, -0.2) is 4.98 Å². The second-order valence-electron chi connectivity index (χ2n) is 5.51. The van der Waals surface area contributed by atoms with E-state index in [-0.39, 0.29) is 0 Å². The van der Waals surface area contributed by atoms with E-state index in [2.05, 4.69) is 29.0 Å². The van der Waals surface area contributed by atoms with Crippen molar-refractivity contribution in [3.05, 3.63) is 22.8 Å². The fraction of sp³-hybridized carbons (Fsp3) is 0.643. The van der Waals surface area contributed by atoms with E-state index in [1.54, 1.807) is 0 Å². The van der Waals surface area contributed by atoms with E-state index in [0.29, 0.717) is 22.4 Å². The molecule has 1 saturated heterocycles. The third-order valence-corrected chi connectivity index (χ3v) is 4.79. The summed E-state index contributed by atoms with van der Waals surface area (Å²) in [4.78, 5) is 6.60. The molecule has 0 atom stereocenters. The van der Waals surface area contributed by atoms with E-state index in [4.69, 9.17) is 11.6 Å². The summed E-state index contributed by atoms with van der Waals surface area (Å²) in [5.41, 5.74) is 1.10. The average Bonchev–Trinajstić information content (AvgIpc) is 2.40. The molecule has 1 aliphatic rings. The first-order chi connectivity index (χ1) is 9.56. The van der Waals surface area contributed by atoms with Crippen LogP contribution in [0, 0.1) is 5.92 Å². The predicted molar refractivity (Wildman–Crippen MR) is 85.9 cm³/mol. The number of nitrogens with zero attached hydrogens (tertiary/aromatic N) is 2. The van der Waals surface area contributed by atoms with Gasteiger partial charge in [0.2, 0.25) is 0 Å². The summed E-state index contributed by atoms with van der Waals surface area (Å²) in [7, 11) is -0.677. The molecule has 0 spiro atoms. The van der Waals surface area contributed by atoms with Gasteiger partial charge in [0.15, 0.2) is 0 Å². The molecule has 0 aliphatic carbocycles. The standard InChI is InChI=1S/C14H22ClN3OS/c1-11(2)8-16-9-12-7-13(15)14(17-10-12)18-3-5-20(19)6-4-18/h7,10-11,16H,3-6,8-9H2,1-2H3. The first kappa shape index (κ1) is 15.7. The first-order valence-corrected chi connectivity index (χ1v) is 8.88. The van der Waals surface area contributed by atoms with Crippen LogP contribution in [0.5, 0.6) is 0 Å². The van der Waals surface area contributed by atoms with Crippen LogP contribution in [-0.4, -0.2) is 40.3 Å². The molecule has 0 aromatic carbocycles. The minimum atomic E-state index is -0.677. The summed E-state index contributed by atoms with van der Waals surface area (Å²) in [6, 6.07) is 1.97. The van der Waals surface area contributed by atoms with Crippen LogP contribution in [0.25, 0.3) is 0 Å². The van der Waals surface area contributed by atoms with Crippen LogP contribution in [0.3, 0.4) is 0 Å². The van der Waals surface area contributed by atoms with Crippen LogP contribution >= 0.6 is 11.6 Å². The van der Waals surface area contributed by atoms with Crippen molar-refractivity contribution < 1.29 is 4.21 Å². The molecule has 1 aromatic rings. The monoisotopic (exact) mass is 315 g/mol. The molecule has 2 heterocycles. The Hall–Kier alpha value is -0.650. The summed E-state index contributed by atoms with van der Waals surface area (Å²) < 4.78 is 11.4. The van der Waals surface area contributed by atoms with Crippen molar-refractivity contribution in [1.29, 1.82) is 0 Å². The largest absolute Gasteiger partial charge is 0.354 e. The molecule has 0 saturated carbocycles. The average molecular weight is 316 g/mol. The third kappa shape index (κ3) is 4.43. The fourth-order valence-electron chi connectivity index (χ4n) is 2.15. The van der Waals surface area contributed by atoms with E-state index in [9.17, 15) is 4.21 Å². The van der Waals surface area contributed by atoms with Gasteiger partial charge in [-0.2, -0.15) is 0 Å². The van der Waals surface area contributed by atoms with Crippen molar-refractivity contribution >= 4 is 28.2 Å². The summed E-state index contributed by atoms with van der Waals surface area (Å²) in [6.45, 7) is 7.67. The summed E-state index contributed by atoms with van der Waals surface area (Å²) in [5, 5.41) is 4.06. The Kier molecular flexibility index (Phi) is 5.81. The maximum atomic E-state index is 11.4. The third-order valence-electron chi connectivity index (χ3n) is 3.24. The van der Waals surface area contributed by atoms with Crippen molar-refractivity contribution in [2.75, 3.05) is 36.0 Å². The van der Waals surface area contributed by atoms with Gasteiger partial charge in [-0.05, 0) is 24.1 Å². The number of pyridine rings is 1. The second-order valence-corrected chi connectivity index (χ2v) is 7.61. The number of hydrogen-bond acceptors (Lipinski definition) is 4. The van der Waals surface area contributed by atoms with E-state index < -0.39 is 10.8 Å². The minimum absolute atomic E-state index is 0.631. The van der Waals surface area contributed by atoms with Gasteiger partial charge in [0.25, 0.3) is 0 Å². The lowest BCUT2D eigenvalue weighted by atomic mass is 10.2. The number of anilines is 1. The topological polar surface area (TPSA) is 45.2 Å². The number of aromatic nitrogens is 1. The maximum Gasteiger partial charge on any atom is 0.147 e. The van der Waals surface area contributed by atoms with Crippen molar-refractivity contribution in [3.63, 3.8) is 0 Å². The van der Waals surface area contributed by atoms with Gasteiger partial charge in [0.1, 0.15) is 5.82 Å². The highest BCUT2D eigenvalue weighted by Crippen LogP contribution is 2.25. The Morgan fingerprint density at radius 3 is 2.75 bits per heavy atom. The first-order valence-electron chi connectivity index (χ1n) is 7.01. The quantitative estimate of drug-likeness (QED) is 0.903. The number of hydrogen-bond donors (Lipinski definition) is 1. The molecule has 0 unspecified atom stereocenters. The molecule has 1 N–H and O–H groups in total. The van der Waals surface area contributed by atoms with Gasteiger partial charge in [-0.1, -0.05) is 25.4 Å². The van der Waals surface area contributed by atoms with Gasteiger partial charge in [0, 0.05) is 48.1 Å². The summed E-state index contributed by atoms with van der Waals surface area (Å²) >= 11 is 6.33. The molecule has 1 fully saturated rings. The molecule has 0 bridgehead atoms. The van der Waals surface area contributed by atoms with Crippen LogP contribution < -0.4 is 10.2 Å². The summed E-state index contributed by atoms with van der Waals surface area (Å²) in [6.07, 6.45) is 1.88. The Balaban J connectivity index is 1.97. The lowest BCUT2D eigenvalue weighted by Crippen LogP contribution is -2.38. The Morgan fingerprint density at radius 2 is 2.15 bits per heavy atom. The number of nitrogens with one attached hydrogen (secondary N) is 1. The van der Waals surface area contributed by atoms with E-state index in [0.717, 1.165) is 37.6 Å². The molecule has 4 nitrogen and oxygen atoms in total. The minimum Gasteiger partial charge on any atom is -0.354 e. The molecule has 1 aliphatic heterocycles. The fourth-order valence-corrected chi connectivity index (χ4v) is 3.52. The van der Waals surface area contributed by atoms with Crippen molar-refractivity contribution in [2.45, 2.75) is 20.4 Å². The van der Waals surface area contributed by atoms with Crippen molar-refractivity contribution in [2.24, 2.45) is 5.92 Å². The van der Waals surface area contributed by atoms with Gasteiger partial charge >= 0.3 is 0 Å². The Labute approximate surface area is 128 Å². The van der Waals surface area contributed by atoms with Gasteiger partial charge in [0.05, 0.1) is 5.02 Å². The molecule has 0 amide bonds. The normalized spacial score (nSPS) is 16.9. The van der Waals surface area contributed by atoms with E-state index >= 15 is 0 Å². The van der Waals surface area contributed by atoms with Gasteiger partial charge < -0.3 is 10.2 Å². The highest BCUT2D eigenvalue weighted by molar-refractivity contribution is 7.85. The lowest BCUT2D eigenvalue weighted by molar-refractivity contribution is 0.552. The van der Waals surface area contributed by atoms with Crippen molar-refractivity contribution in [1.82, 2.24) is 10.3 Å². The van der Waals surface area contributed by atoms with E-state index in [1.807, 2.05) is 12.3 Å². The summed E-state index contributed by atoms with van der Waals surface area (Å²) in [5.74, 6) is 2.86. The molecule has 112 valence electrons. The molecule has 20 heavy (non-hydrogen) atoms. The number of halogens is 1. The van der Waals surface area contributed by atoms with Gasteiger partial charge in [-0.15, -0.1) is 0 Å². The zero-order valence-electron chi connectivity index (χ0n) is 12.1. The molecule has 0 radical (unpaired) electrons. The molecule has 2 rings (SSSR count). The lowest BCUT2D eigenvalue weighted by Gasteiger charge is -2.28. The van der Waals surface area contributed by atoms with Crippen LogP contribution in [-0.2, 0) is 17.3 Å².